The summed E-state index contributed by atoms with van der Waals surface area (Å²) in [4.78, 5) is 0. The van der Waals surface area contributed by atoms with Crippen molar-refractivity contribution in [3.63, 3.8) is 0 Å². The van der Waals surface area contributed by atoms with Gasteiger partial charge in [-0.2, -0.15) is 0 Å². The molecule has 1 N–H and O–H groups in total. The molecule has 3 heteroatoms. The van der Waals surface area contributed by atoms with Gasteiger partial charge >= 0.3 is 0 Å². The second-order valence-corrected chi connectivity index (χ2v) is 13.4. The highest BCUT2D eigenvalue weighted by Gasteiger charge is 2.76. The Morgan fingerprint density at radius 2 is 1.22 bits per heavy atom. The van der Waals surface area contributed by atoms with E-state index >= 15 is 0 Å². The van der Waals surface area contributed by atoms with Crippen LogP contribution in [-0.2, 0) is 15.8 Å². The lowest BCUT2D eigenvalue weighted by molar-refractivity contribution is -0.275. The minimum Gasteiger partial charge on any atom is -1.00 e. The summed E-state index contributed by atoms with van der Waals surface area (Å²) in [5.74, 6) is 3.65. The molecule has 6 aliphatic rings. The summed E-state index contributed by atoms with van der Waals surface area (Å²) >= 11 is 0. The fourth-order valence-corrected chi connectivity index (χ4v) is 9.36. The number of allylic oxidation sites excluding steroid dienone is 5. The first-order valence-electron chi connectivity index (χ1n) is 16.8. The standard InChI is InChI=1S/C43H38O2.ClH/c1-5-16-30(17-6-1)36-28-39(31-18-7-2-8-19-31)44-40-34(36)24-15-25-35(40)41-42(32-20-9-3-10-21-32)29-43(41,33-22-11-4-12-23-33)45-38-27-14-13-26-37(38)42;/h1-12,16-23,28,41H,13-15,24-27,29H2;1H. The Morgan fingerprint density at radius 3 is 1.91 bits per heavy atom. The Labute approximate surface area is 278 Å². The summed E-state index contributed by atoms with van der Waals surface area (Å²) in [6.07, 6.45) is 11.2. The van der Waals surface area contributed by atoms with Gasteiger partial charge in [-0.3, -0.25) is 0 Å². The fourth-order valence-electron chi connectivity index (χ4n) is 9.36. The lowest BCUT2D eigenvalue weighted by Crippen LogP contribution is -3.00. The van der Waals surface area contributed by atoms with Crippen molar-refractivity contribution in [2.24, 2.45) is 5.92 Å². The highest BCUT2D eigenvalue weighted by molar-refractivity contribution is 5.88. The molecule has 3 heterocycles. The third-order valence-corrected chi connectivity index (χ3v) is 11.1. The maximum atomic E-state index is 7.19. The summed E-state index contributed by atoms with van der Waals surface area (Å²) in [5, 5.41) is 0. The van der Waals surface area contributed by atoms with Crippen LogP contribution in [0.25, 0.3) is 11.3 Å². The van der Waals surface area contributed by atoms with Gasteiger partial charge in [0.2, 0.25) is 11.4 Å². The average Bonchev–Trinajstić information content (AvgIpc) is 3.12. The molecule has 4 aromatic rings. The molecule has 46 heavy (non-hydrogen) atoms. The van der Waals surface area contributed by atoms with E-state index in [-0.39, 0.29) is 29.3 Å². The van der Waals surface area contributed by atoms with Crippen LogP contribution in [0.1, 0.15) is 73.6 Å². The van der Waals surface area contributed by atoms with Crippen molar-refractivity contribution in [2.45, 2.75) is 62.4 Å². The summed E-state index contributed by atoms with van der Waals surface area (Å²) in [7, 11) is 0. The predicted molar refractivity (Wildman–Crippen MR) is 182 cm³/mol. The van der Waals surface area contributed by atoms with E-state index in [1.165, 1.54) is 52.0 Å². The molecule has 2 nitrogen and oxygen atoms in total. The molecule has 3 aliphatic carbocycles. The fraction of sp³-hybridized carbons (Fsp3) is 0.256. The van der Waals surface area contributed by atoms with E-state index in [1.807, 2.05) is 0 Å². The van der Waals surface area contributed by atoms with Gasteiger partial charge in [0.05, 0.1) is 24.2 Å². The molecule has 0 radical (unpaired) electrons. The molecule has 4 aromatic carbocycles. The maximum Gasteiger partial charge on any atom is 0.230 e. The highest BCUT2D eigenvalue weighted by Crippen LogP contribution is 2.73. The number of aliphatic hydroxyl groups is 2. The van der Waals surface area contributed by atoms with Gasteiger partial charge < -0.3 is 21.9 Å². The summed E-state index contributed by atoms with van der Waals surface area (Å²) in [6.45, 7) is 0. The zero-order chi connectivity index (χ0) is 29.8. The molecule has 0 saturated heterocycles. The number of hydrogen-bond donors (Lipinski definition) is 0. The number of benzene rings is 4. The van der Waals surface area contributed by atoms with Crippen LogP contribution in [-0.4, -0.2) is 4.74 Å². The third-order valence-electron chi connectivity index (χ3n) is 11.1. The van der Waals surface area contributed by atoms with E-state index < -0.39 is 0 Å². The molecule has 230 valence electrons. The van der Waals surface area contributed by atoms with Crippen LogP contribution < -0.4 is 12.4 Å². The first kappa shape index (κ1) is 29.2. The van der Waals surface area contributed by atoms with Crippen LogP contribution in [0.4, 0.5) is 0 Å². The molecule has 1 saturated carbocycles. The monoisotopic (exact) mass is 622 g/mol. The van der Waals surface area contributed by atoms with Gasteiger partial charge in [-0.1, -0.05) is 109 Å². The molecule has 3 unspecified atom stereocenters. The zero-order valence-electron chi connectivity index (χ0n) is 26.1. The van der Waals surface area contributed by atoms with Crippen molar-refractivity contribution in [1.29, 1.82) is 0 Å². The number of hydrogen-bond acceptors (Lipinski definition) is 1. The van der Waals surface area contributed by atoms with Gasteiger partial charge in [-0.15, -0.1) is 0 Å². The molecular weight excluding hydrogens is 584 g/mol. The van der Waals surface area contributed by atoms with Gasteiger partial charge in [0.25, 0.3) is 0 Å². The highest BCUT2D eigenvalue weighted by atomic mass is 35.5. The lowest BCUT2D eigenvalue weighted by atomic mass is 9.40. The first-order chi connectivity index (χ1) is 22.3. The molecule has 10 rings (SSSR count). The van der Waals surface area contributed by atoms with E-state index in [0.29, 0.717) is 0 Å². The van der Waals surface area contributed by atoms with E-state index in [9.17, 15) is 0 Å². The zero-order valence-corrected chi connectivity index (χ0v) is 26.8. The van der Waals surface area contributed by atoms with Gasteiger partial charge in [0.15, 0.2) is 0 Å². The first-order valence-corrected chi connectivity index (χ1v) is 16.8. The van der Waals surface area contributed by atoms with E-state index in [0.717, 1.165) is 55.6 Å². The third kappa shape index (κ3) is 4.30. The average molecular weight is 623 g/mol. The van der Waals surface area contributed by atoms with Crippen molar-refractivity contribution in [3.05, 3.63) is 178 Å². The number of halogens is 1. The molecule has 0 spiro atoms. The molecular formula is C43H39ClO2. The maximum absolute atomic E-state index is 7.19. The Balaban J connectivity index is 0.00000312. The van der Waals surface area contributed by atoms with Crippen LogP contribution in [0.15, 0.2) is 156 Å². The van der Waals surface area contributed by atoms with Crippen molar-refractivity contribution in [1.82, 2.24) is 0 Å². The molecule has 3 aliphatic heterocycles. The minimum atomic E-state index is -0.289. The quantitative estimate of drug-likeness (QED) is 0.216. The Morgan fingerprint density at radius 1 is 0.609 bits per heavy atom. The number of ether oxygens (including phenoxy) is 2. The van der Waals surface area contributed by atoms with Crippen LogP contribution >= 0.6 is 0 Å². The molecule has 0 amide bonds. The summed E-state index contributed by atoms with van der Waals surface area (Å²) < 4.78 is 13.0. The SMILES string of the molecule is C1=C(c2ccccc2)OC2=C(C3C4(c5ccccc5)CC3(c3ccccc3)C3=C(CCCC3)[OH+]4)CCCC2=C1c1ccccc1.[Cl-]. The van der Waals surface area contributed by atoms with Gasteiger partial charge in [0.1, 0.15) is 11.5 Å². The molecule has 0 aromatic heterocycles. The smallest absolute Gasteiger partial charge is 0.230 e. The summed E-state index contributed by atoms with van der Waals surface area (Å²) in [5.41, 5.74) is 10.5. The molecule has 2 bridgehead atoms. The second-order valence-electron chi connectivity index (χ2n) is 13.4. The number of fused-ring (bicyclic) bond motifs is 1. The number of rotatable bonds is 5. The Hall–Kier alpha value is -4.27. The summed E-state index contributed by atoms with van der Waals surface area (Å²) in [6, 6.07) is 44.2. The Bertz CT molecular complexity index is 1890. The van der Waals surface area contributed by atoms with Crippen molar-refractivity contribution in [2.75, 3.05) is 0 Å². The van der Waals surface area contributed by atoms with Crippen LogP contribution in [0.3, 0.4) is 0 Å². The Kier molecular flexibility index (Phi) is 7.30. The minimum absolute atomic E-state index is 0. The molecule has 1 fully saturated rings. The topological polar surface area (TPSA) is 22.0 Å². The molecule has 3 atom stereocenters. The van der Waals surface area contributed by atoms with Crippen molar-refractivity contribution in [3.8, 4) is 0 Å². The predicted octanol–water partition coefficient (Wildman–Crippen LogP) is 7.18. The second kappa shape index (κ2) is 11.5. The van der Waals surface area contributed by atoms with Crippen molar-refractivity contribution >= 4 is 11.3 Å². The van der Waals surface area contributed by atoms with Crippen LogP contribution in [0, 0.1) is 5.92 Å². The largest absolute Gasteiger partial charge is 1.00 e. The van der Waals surface area contributed by atoms with Gasteiger partial charge in [0, 0.05) is 22.3 Å². The van der Waals surface area contributed by atoms with Crippen LogP contribution in [0.5, 0.6) is 0 Å². The lowest BCUT2D eigenvalue weighted by Gasteiger charge is -2.65. The van der Waals surface area contributed by atoms with Gasteiger partial charge in [-0.25, -0.2) is 0 Å². The van der Waals surface area contributed by atoms with Crippen molar-refractivity contribution < 1.29 is 21.9 Å². The van der Waals surface area contributed by atoms with Crippen LogP contribution in [0.2, 0.25) is 0 Å². The normalized spacial score (nSPS) is 26.4. The van der Waals surface area contributed by atoms with E-state index in [4.69, 9.17) is 9.47 Å². The van der Waals surface area contributed by atoms with E-state index in [2.05, 4.69) is 127 Å². The van der Waals surface area contributed by atoms with E-state index in [1.54, 1.807) is 5.57 Å². The van der Waals surface area contributed by atoms with Gasteiger partial charge in [-0.05, 0) is 79.0 Å².